The van der Waals surface area contributed by atoms with Gasteiger partial charge in [0.25, 0.3) is 0 Å². The molecule has 3 rings (SSSR count). The Balaban J connectivity index is 1.68. The monoisotopic (exact) mass is 337 g/mol. The molecule has 0 aliphatic carbocycles. The molecule has 124 valence electrons. The van der Waals surface area contributed by atoms with Crippen molar-refractivity contribution in [3.63, 3.8) is 0 Å². The van der Waals surface area contributed by atoms with E-state index in [4.69, 9.17) is 11.6 Å². The standard InChI is InChI=1S/C17H21ClFN3O/c1-21-8-6-20-17(21)16(23)12-3-2-7-22(10-12)11-13-9-14(18)4-5-15(13)19/h4-6,8-9,12,16,23H,2-3,7,10-11H2,1H3. The van der Waals surface area contributed by atoms with Crippen LogP contribution >= 0.6 is 11.6 Å². The maximum absolute atomic E-state index is 13.9. The predicted molar refractivity (Wildman–Crippen MR) is 87.6 cm³/mol. The Morgan fingerprint density at radius 1 is 1.48 bits per heavy atom. The second kappa shape index (κ2) is 6.99. The summed E-state index contributed by atoms with van der Waals surface area (Å²) >= 11 is 5.96. The molecule has 0 radical (unpaired) electrons. The maximum atomic E-state index is 13.9. The summed E-state index contributed by atoms with van der Waals surface area (Å²) < 4.78 is 15.8. The van der Waals surface area contributed by atoms with Gasteiger partial charge < -0.3 is 9.67 Å². The van der Waals surface area contributed by atoms with Gasteiger partial charge in [0.05, 0.1) is 0 Å². The summed E-state index contributed by atoms with van der Waals surface area (Å²) in [4.78, 5) is 6.42. The minimum atomic E-state index is -0.595. The van der Waals surface area contributed by atoms with Crippen LogP contribution in [0.1, 0.15) is 30.3 Å². The minimum Gasteiger partial charge on any atom is -0.385 e. The van der Waals surface area contributed by atoms with E-state index in [2.05, 4.69) is 9.88 Å². The second-order valence-electron chi connectivity index (χ2n) is 6.21. The number of aliphatic hydroxyl groups excluding tert-OH is 1. The molecular formula is C17H21ClFN3O. The molecule has 2 heterocycles. The SMILES string of the molecule is Cn1ccnc1C(O)C1CCCN(Cc2cc(Cl)ccc2F)C1. The van der Waals surface area contributed by atoms with Crippen LogP contribution in [-0.4, -0.2) is 32.6 Å². The van der Waals surface area contributed by atoms with Crippen molar-refractivity contribution >= 4 is 11.6 Å². The summed E-state index contributed by atoms with van der Waals surface area (Å²) in [6, 6.07) is 4.64. The Kier molecular flexibility index (Phi) is 4.99. The molecule has 2 aromatic rings. The van der Waals surface area contributed by atoms with E-state index < -0.39 is 6.10 Å². The molecule has 1 N–H and O–H groups in total. The van der Waals surface area contributed by atoms with Gasteiger partial charge in [0, 0.05) is 49.0 Å². The first-order chi connectivity index (χ1) is 11.0. The van der Waals surface area contributed by atoms with Crippen LogP contribution in [0.5, 0.6) is 0 Å². The average Bonchev–Trinajstić information content (AvgIpc) is 2.96. The van der Waals surface area contributed by atoms with Crippen LogP contribution in [0.4, 0.5) is 4.39 Å². The van der Waals surface area contributed by atoms with E-state index in [0.717, 1.165) is 25.9 Å². The highest BCUT2D eigenvalue weighted by Gasteiger charge is 2.29. The summed E-state index contributed by atoms with van der Waals surface area (Å²) in [5.74, 6) is 0.555. The molecule has 1 aliphatic rings. The molecule has 1 saturated heterocycles. The first-order valence-electron chi connectivity index (χ1n) is 7.86. The van der Waals surface area contributed by atoms with Crippen molar-refractivity contribution in [3.8, 4) is 0 Å². The number of hydrogen-bond donors (Lipinski definition) is 1. The van der Waals surface area contributed by atoms with E-state index >= 15 is 0 Å². The summed E-state index contributed by atoms with van der Waals surface area (Å²) in [6.07, 6.45) is 4.86. The van der Waals surface area contributed by atoms with Crippen LogP contribution in [0.2, 0.25) is 5.02 Å². The third kappa shape index (κ3) is 3.74. The Bertz CT molecular complexity index is 676. The number of hydrogen-bond acceptors (Lipinski definition) is 3. The fourth-order valence-electron chi connectivity index (χ4n) is 3.27. The molecule has 0 saturated carbocycles. The van der Waals surface area contributed by atoms with Crippen LogP contribution in [-0.2, 0) is 13.6 Å². The zero-order valence-corrected chi connectivity index (χ0v) is 13.9. The lowest BCUT2D eigenvalue weighted by molar-refractivity contribution is 0.0401. The second-order valence-corrected chi connectivity index (χ2v) is 6.65. The van der Waals surface area contributed by atoms with E-state index in [1.807, 2.05) is 17.8 Å². The van der Waals surface area contributed by atoms with Gasteiger partial charge in [-0.05, 0) is 37.6 Å². The largest absolute Gasteiger partial charge is 0.385 e. The number of rotatable bonds is 4. The van der Waals surface area contributed by atoms with Crippen molar-refractivity contribution in [2.45, 2.75) is 25.5 Å². The first kappa shape index (κ1) is 16.4. The third-order valence-electron chi connectivity index (χ3n) is 4.51. The van der Waals surface area contributed by atoms with Crippen LogP contribution in [0.25, 0.3) is 0 Å². The molecule has 4 nitrogen and oxygen atoms in total. The molecular weight excluding hydrogens is 317 g/mol. The first-order valence-corrected chi connectivity index (χ1v) is 8.24. The fourth-order valence-corrected chi connectivity index (χ4v) is 3.47. The Morgan fingerprint density at radius 2 is 2.30 bits per heavy atom. The molecule has 1 aromatic heterocycles. The van der Waals surface area contributed by atoms with Crippen molar-refractivity contribution in [1.29, 1.82) is 0 Å². The van der Waals surface area contributed by atoms with Crippen molar-refractivity contribution in [1.82, 2.24) is 14.5 Å². The van der Waals surface area contributed by atoms with Gasteiger partial charge in [-0.1, -0.05) is 11.6 Å². The zero-order chi connectivity index (χ0) is 16.4. The van der Waals surface area contributed by atoms with Gasteiger partial charge in [-0.25, -0.2) is 9.37 Å². The molecule has 6 heteroatoms. The van der Waals surface area contributed by atoms with E-state index in [9.17, 15) is 9.50 Å². The van der Waals surface area contributed by atoms with E-state index in [1.54, 1.807) is 18.3 Å². The number of nitrogens with zero attached hydrogens (tertiary/aromatic N) is 3. The maximum Gasteiger partial charge on any atom is 0.137 e. The molecule has 0 bridgehead atoms. The highest BCUT2D eigenvalue weighted by atomic mass is 35.5. The molecule has 0 spiro atoms. The van der Waals surface area contributed by atoms with Crippen LogP contribution in [0.15, 0.2) is 30.6 Å². The van der Waals surface area contributed by atoms with Gasteiger partial charge in [-0.2, -0.15) is 0 Å². The van der Waals surface area contributed by atoms with E-state index in [-0.39, 0.29) is 11.7 Å². The van der Waals surface area contributed by atoms with Crippen molar-refractivity contribution in [3.05, 3.63) is 52.8 Å². The third-order valence-corrected chi connectivity index (χ3v) is 4.75. The zero-order valence-electron chi connectivity index (χ0n) is 13.1. The molecule has 23 heavy (non-hydrogen) atoms. The van der Waals surface area contributed by atoms with Crippen molar-refractivity contribution in [2.75, 3.05) is 13.1 Å². The fraction of sp³-hybridized carbons (Fsp3) is 0.471. The highest BCUT2D eigenvalue weighted by molar-refractivity contribution is 6.30. The summed E-state index contributed by atoms with van der Waals surface area (Å²) in [6.45, 7) is 2.13. The van der Waals surface area contributed by atoms with Gasteiger partial charge in [0.1, 0.15) is 17.7 Å². The Labute approximate surface area is 140 Å². The number of likely N-dealkylation sites (tertiary alicyclic amines) is 1. The van der Waals surface area contributed by atoms with Crippen LogP contribution in [0, 0.1) is 11.7 Å². The summed E-state index contributed by atoms with van der Waals surface area (Å²) in [5, 5.41) is 11.1. The molecule has 2 atom stereocenters. The van der Waals surface area contributed by atoms with E-state index in [1.165, 1.54) is 6.07 Å². The number of aryl methyl sites for hydroxylation is 1. The number of piperidine rings is 1. The molecule has 1 aromatic carbocycles. The van der Waals surface area contributed by atoms with Crippen molar-refractivity contribution < 1.29 is 9.50 Å². The van der Waals surface area contributed by atoms with Gasteiger partial charge in [-0.15, -0.1) is 0 Å². The quantitative estimate of drug-likeness (QED) is 0.931. The van der Waals surface area contributed by atoms with Crippen molar-refractivity contribution in [2.24, 2.45) is 13.0 Å². The van der Waals surface area contributed by atoms with Crippen LogP contribution < -0.4 is 0 Å². The van der Waals surface area contributed by atoms with Gasteiger partial charge in [0.15, 0.2) is 0 Å². The molecule has 1 fully saturated rings. The average molecular weight is 338 g/mol. The van der Waals surface area contributed by atoms with Crippen LogP contribution in [0.3, 0.4) is 0 Å². The normalized spacial score (nSPS) is 20.6. The predicted octanol–water partition coefficient (Wildman–Crippen LogP) is 3.16. The molecule has 2 unspecified atom stereocenters. The van der Waals surface area contributed by atoms with E-state index in [0.29, 0.717) is 23.0 Å². The summed E-state index contributed by atoms with van der Waals surface area (Å²) in [5.41, 5.74) is 0.602. The Hall–Kier alpha value is -1.43. The van der Waals surface area contributed by atoms with Gasteiger partial charge in [-0.3, -0.25) is 4.90 Å². The summed E-state index contributed by atoms with van der Waals surface area (Å²) in [7, 11) is 1.88. The Morgan fingerprint density at radius 3 is 3.04 bits per heavy atom. The van der Waals surface area contributed by atoms with Gasteiger partial charge in [0.2, 0.25) is 0 Å². The minimum absolute atomic E-state index is 0.104. The lowest BCUT2D eigenvalue weighted by Crippen LogP contribution is -2.38. The number of halogens is 2. The lowest BCUT2D eigenvalue weighted by Gasteiger charge is -2.35. The number of aliphatic hydroxyl groups is 1. The number of imidazole rings is 1. The number of aromatic nitrogens is 2. The topological polar surface area (TPSA) is 41.3 Å². The smallest absolute Gasteiger partial charge is 0.137 e. The molecule has 1 aliphatic heterocycles. The van der Waals surface area contributed by atoms with Gasteiger partial charge >= 0.3 is 0 Å². The molecule has 0 amide bonds. The number of benzene rings is 1. The lowest BCUT2D eigenvalue weighted by atomic mass is 9.91. The highest BCUT2D eigenvalue weighted by Crippen LogP contribution is 2.29.